The SMILES string of the molecule is CC(=O)C12CCCC1CC(C)C2.CC1CCOc2ccc(C(=O)OO)cc21.CCCc1ncc(C(F)(F)F)cc1CC. The average molecular weight is 592 g/mol. The molecule has 4 unspecified atom stereocenters. The van der Waals surface area contributed by atoms with Crippen LogP contribution >= 0.6 is 0 Å². The molecule has 6 nitrogen and oxygen atoms in total. The van der Waals surface area contributed by atoms with Gasteiger partial charge in [0.25, 0.3) is 0 Å². The fourth-order valence-corrected chi connectivity index (χ4v) is 6.76. The number of benzene rings is 1. The number of carbonyl (C=O) groups excluding carboxylic acids is 2. The van der Waals surface area contributed by atoms with Crippen LogP contribution in [-0.2, 0) is 28.7 Å². The van der Waals surface area contributed by atoms with Gasteiger partial charge in [-0.05, 0) is 105 Å². The molecule has 2 heterocycles. The van der Waals surface area contributed by atoms with Crippen LogP contribution in [-0.4, -0.2) is 28.6 Å². The second-order valence-electron chi connectivity index (χ2n) is 11.9. The summed E-state index contributed by atoms with van der Waals surface area (Å²) in [6.45, 7) is 10.7. The number of pyridine rings is 1. The highest BCUT2D eigenvalue weighted by atomic mass is 19.4. The summed E-state index contributed by atoms with van der Waals surface area (Å²) in [7, 11) is 0. The summed E-state index contributed by atoms with van der Waals surface area (Å²) in [5.74, 6) is 2.43. The molecule has 0 bridgehead atoms. The van der Waals surface area contributed by atoms with E-state index in [0.29, 0.717) is 35.9 Å². The molecule has 3 aliphatic rings. The molecule has 2 saturated carbocycles. The van der Waals surface area contributed by atoms with Crippen LogP contribution in [0, 0.1) is 17.3 Å². The molecule has 2 fully saturated rings. The van der Waals surface area contributed by atoms with E-state index in [1.165, 1.54) is 38.2 Å². The summed E-state index contributed by atoms with van der Waals surface area (Å²) in [5.41, 5.74) is 2.30. The maximum atomic E-state index is 12.4. The fourth-order valence-electron chi connectivity index (χ4n) is 6.76. The summed E-state index contributed by atoms with van der Waals surface area (Å²) in [4.78, 5) is 30.3. The van der Waals surface area contributed by atoms with Crippen molar-refractivity contribution in [3.63, 3.8) is 0 Å². The number of fused-ring (bicyclic) bond motifs is 2. The van der Waals surface area contributed by atoms with Crippen molar-refractivity contribution < 1.29 is 37.6 Å². The van der Waals surface area contributed by atoms with Crippen LogP contribution in [0.5, 0.6) is 5.75 Å². The van der Waals surface area contributed by atoms with E-state index in [2.05, 4.69) is 23.7 Å². The maximum Gasteiger partial charge on any atom is 0.417 e. The highest BCUT2D eigenvalue weighted by Crippen LogP contribution is 2.56. The van der Waals surface area contributed by atoms with Gasteiger partial charge in [0.15, 0.2) is 0 Å². The van der Waals surface area contributed by atoms with Crippen LogP contribution in [0.3, 0.4) is 0 Å². The molecule has 5 rings (SSSR count). The average Bonchev–Trinajstić information content (AvgIpc) is 3.50. The Kier molecular flexibility index (Phi) is 11.6. The number of ether oxygens (including phenoxy) is 1. The van der Waals surface area contributed by atoms with Gasteiger partial charge in [-0.2, -0.15) is 18.4 Å². The number of nitrogens with zero attached hydrogens (tertiary/aromatic N) is 1. The van der Waals surface area contributed by atoms with Crippen LogP contribution in [0.2, 0.25) is 0 Å². The van der Waals surface area contributed by atoms with Gasteiger partial charge in [-0.3, -0.25) is 14.7 Å². The Morgan fingerprint density at radius 2 is 1.90 bits per heavy atom. The van der Waals surface area contributed by atoms with Gasteiger partial charge in [0.2, 0.25) is 0 Å². The number of aryl methyl sites for hydroxylation is 2. The number of hydrogen-bond acceptors (Lipinski definition) is 6. The van der Waals surface area contributed by atoms with E-state index in [9.17, 15) is 22.8 Å². The summed E-state index contributed by atoms with van der Waals surface area (Å²) in [5, 5.41) is 8.28. The van der Waals surface area contributed by atoms with Crippen molar-refractivity contribution in [3.8, 4) is 5.75 Å². The smallest absolute Gasteiger partial charge is 0.417 e. The van der Waals surface area contributed by atoms with E-state index in [1.807, 2.05) is 13.8 Å². The predicted molar refractivity (Wildman–Crippen MR) is 154 cm³/mol. The van der Waals surface area contributed by atoms with E-state index < -0.39 is 17.7 Å². The minimum absolute atomic E-state index is 0.138. The second kappa shape index (κ2) is 14.5. The lowest BCUT2D eigenvalue weighted by Gasteiger charge is -2.25. The highest BCUT2D eigenvalue weighted by Gasteiger charge is 2.51. The molecule has 0 radical (unpaired) electrons. The van der Waals surface area contributed by atoms with Crippen molar-refractivity contribution in [2.24, 2.45) is 17.3 Å². The first kappa shape index (κ1) is 33.6. The number of alkyl halides is 3. The summed E-state index contributed by atoms with van der Waals surface area (Å²) < 4.78 is 42.6. The van der Waals surface area contributed by atoms with E-state index in [1.54, 1.807) is 25.1 Å². The number of rotatable bonds is 5. The summed E-state index contributed by atoms with van der Waals surface area (Å²) >= 11 is 0. The van der Waals surface area contributed by atoms with Crippen LogP contribution in [0.1, 0.15) is 118 Å². The third-order valence-electron chi connectivity index (χ3n) is 8.98. The predicted octanol–water partition coefficient (Wildman–Crippen LogP) is 8.61. The third-order valence-corrected chi connectivity index (χ3v) is 8.98. The third kappa shape index (κ3) is 7.91. The number of hydrogen-bond donors (Lipinski definition) is 1. The minimum atomic E-state index is -4.29. The lowest BCUT2D eigenvalue weighted by atomic mass is 9.77. The number of halogens is 3. The van der Waals surface area contributed by atoms with Gasteiger partial charge >= 0.3 is 12.1 Å². The standard InChI is InChI=1S/C11H14F3N.C11H12O4.C11H18O/c1-3-5-10-8(4-2)6-9(7-15-10)11(12,13)14;1-7-4-5-14-10-3-2-8(6-9(7)10)11(12)15-13;1-8-6-10-4-3-5-11(10,7-8)9(2)12/h6-7H,3-5H2,1-2H3;2-3,6-7,13H,4-5H2,1H3;8,10H,3-7H2,1-2H3. The molecule has 2 aromatic rings. The zero-order valence-corrected chi connectivity index (χ0v) is 25.4. The molecule has 9 heteroatoms. The van der Waals surface area contributed by atoms with Gasteiger partial charge in [-0.15, -0.1) is 0 Å². The van der Waals surface area contributed by atoms with Gasteiger partial charge in [0, 0.05) is 17.3 Å². The molecule has 4 atom stereocenters. The van der Waals surface area contributed by atoms with Crippen molar-refractivity contribution in [1.82, 2.24) is 4.98 Å². The number of carbonyl (C=O) groups is 2. The highest BCUT2D eigenvalue weighted by molar-refractivity contribution is 5.89. The van der Waals surface area contributed by atoms with Gasteiger partial charge < -0.3 is 4.74 Å². The van der Waals surface area contributed by atoms with Gasteiger partial charge in [-0.25, -0.2) is 4.79 Å². The van der Waals surface area contributed by atoms with Crippen LogP contribution in [0.25, 0.3) is 0 Å². The molecule has 2 aliphatic carbocycles. The van der Waals surface area contributed by atoms with Crippen LogP contribution in [0.15, 0.2) is 30.5 Å². The van der Waals surface area contributed by atoms with Crippen LogP contribution in [0.4, 0.5) is 13.2 Å². The normalized spacial score (nSPS) is 24.2. The van der Waals surface area contributed by atoms with E-state index >= 15 is 0 Å². The van der Waals surface area contributed by atoms with Crippen molar-refractivity contribution in [3.05, 3.63) is 58.4 Å². The Hall–Kier alpha value is -2.94. The first-order valence-electron chi connectivity index (χ1n) is 15.0. The number of Topliss-reactive ketones (excluding diaryl/α,β-unsaturated/α-hetero) is 1. The van der Waals surface area contributed by atoms with Crippen molar-refractivity contribution in [2.45, 2.75) is 105 Å². The van der Waals surface area contributed by atoms with Crippen molar-refractivity contribution in [2.75, 3.05) is 6.61 Å². The van der Waals surface area contributed by atoms with E-state index in [4.69, 9.17) is 9.99 Å². The molecule has 1 aliphatic heterocycles. The Balaban J connectivity index is 0.000000174. The zero-order chi connectivity index (χ0) is 31.1. The minimum Gasteiger partial charge on any atom is -0.493 e. The molecular weight excluding hydrogens is 547 g/mol. The van der Waals surface area contributed by atoms with E-state index in [0.717, 1.165) is 54.3 Å². The first-order valence-corrected chi connectivity index (χ1v) is 15.0. The van der Waals surface area contributed by atoms with Gasteiger partial charge in [0.1, 0.15) is 11.5 Å². The van der Waals surface area contributed by atoms with Crippen molar-refractivity contribution in [1.29, 1.82) is 0 Å². The van der Waals surface area contributed by atoms with Gasteiger partial charge in [-0.1, -0.05) is 40.5 Å². The molecule has 0 saturated heterocycles. The quantitative estimate of drug-likeness (QED) is 0.277. The van der Waals surface area contributed by atoms with Crippen LogP contribution < -0.4 is 4.74 Å². The molecule has 1 aromatic heterocycles. The number of aromatic nitrogens is 1. The number of ketones is 1. The zero-order valence-electron chi connectivity index (χ0n) is 25.4. The monoisotopic (exact) mass is 591 g/mol. The van der Waals surface area contributed by atoms with Crippen molar-refractivity contribution >= 4 is 11.8 Å². The lowest BCUT2D eigenvalue weighted by molar-refractivity contribution is -0.182. The molecular formula is C33H44F3NO5. The molecule has 232 valence electrons. The Morgan fingerprint density at radius 3 is 2.50 bits per heavy atom. The Morgan fingerprint density at radius 1 is 1.17 bits per heavy atom. The summed E-state index contributed by atoms with van der Waals surface area (Å²) in [6, 6.07) is 6.22. The summed E-state index contributed by atoms with van der Waals surface area (Å²) in [6.07, 6.45) is 6.04. The fraction of sp³-hybridized carbons (Fsp3) is 0.606. The topological polar surface area (TPSA) is 85.7 Å². The first-order chi connectivity index (χ1) is 19.9. The largest absolute Gasteiger partial charge is 0.493 e. The van der Waals surface area contributed by atoms with E-state index in [-0.39, 0.29) is 5.41 Å². The molecule has 0 spiro atoms. The molecule has 0 amide bonds. The Bertz CT molecular complexity index is 1230. The maximum absolute atomic E-state index is 12.4. The molecule has 42 heavy (non-hydrogen) atoms. The van der Waals surface area contributed by atoms with Gasteiger partial charge in [0.05, 0.1) is 17.7 Å². The second-order valence-corrected chi connectivity index (χ2v) is 11.9. The molecule has 1 N–H and O–H groups in total. The Labute approximate surface area is 247 Å². The lowest BCUT2D eigenvalue weighted by Crippen LogP contribution is -2.28. The molecule has 1 aromatic carbocycles.